The summed E-state index contributed by atoms with van der Waals surface area (Å²) < 4.78 is 21.0. The Morgan fingerprint density at radius 1 is 1.04 bits per heavy atom. The lowest BCUT2D eigenvalue weighted by Gasteiger charge is -2.14. The lowest BCUT2D eigenvalue weighted by atomic mass is 10.2. The van der Waals surface area contributed by atoms with Crippen LogP contribution in [0.2, 0.25) is 0 Å². The van der Waals surface area contributed by atoms with Gasteiger partial charge in [0.2, 0.25) is 0 Å². The van der Waals surface area contributed by atoms with E-state index in [2.05, 4.69) is 4.90 Å². The SMILES string of the molecule is CN(CCO)CCCCOc1ccc2c(ccn2-c2ccc(F)cc2)c1. The van der Waals surface area contributed by atoms with Crippen molar-refractivity contribution in [2.24, 2.45) is 0 Å². The van der Waals surface area contributed by atoms with E-state index in [0.717, 1.165) is 41.7 Å². The quantitative estimate of drug-likeness (QED) is 0.592. The molecule has 0 saturated heterocycles. The third kappa shape index (κ3) is 4.62. The van der Waals surface area contributed by atoms with E-state index in [1.807, 2.05) is 42.1 Å². The van der Waals surface area contributed by atoms with Crippen LogP contribution >= 0.6 is 0 Å². The van der Waals surface area contributed by atoms with Crippen molar-refractivity contribution < 1.29 is 14.2 Å². The summed E-state index contributed by atoms with van der Waals surface area (Å²) in [6.07, 6.45) is 4.00. The molecule has 5 heteroatoms. The van der Waals surface area contributed by atoms with Gasteiger partial charge in [-0.2, -0.15) is 0 Å². The smallest absolute Gasteiger partial charge is 0.123 e. The number of aromatic nitrogens is 1. The first-order valence-corrected chi connectivity index (χ1v) is 8.96. The first kappa shape index (κ1) is 18.4. The van der Waals surface area contributed by atoms with Crippen molar-refractivity contribution in [3.8, 4) is 11.4 Å². The lowest BCUT2D eigenvalue weighted by Crippen LogP contribution is -2.23. The van der Waals surface area contributed by atoms with Gasteiger partial charge < -0.3 is 19.3 Å². The molecule has 2 aromatic carbocycles. The average Bonchev–Trinajstić information content (AvgIpc) is 3.05. The zero-order valence-corrected chi connectivity index (χ0v) is 15.1. The van der Waals surface area contributed by atoms with Gasteiger partial charge in [-0.05, 0) is 75.0 Å². The second-order valence-corrected chi connectivity index (χ2v) is 6.47. The Kier molecular flexibility index (Phi) is 6.26. The number of halogens is 1. The summed E-state index contributed by atoms with van der Waals surface area (Å²) in [6, 6.07) is 14.6. The number of aliphatic hydroxyl groups excluding tert-OH is 1. The van der Waals surface area contributed by atoms with E-state index in [-0.39, 0.29) is 12.4 Å². The standard InChI is InChI=1S/C21H25FN2O2/c1-23(13-14-25)11-2-3-15-26-20-8-9-21-17(16-20)10-12-24(21)19-6-4-18(22)5-7-19/h4-10,12,16,25H,2-3,11,13-15H2,1H3. The maximum absolute atomic E-state index is 13.1. The molecule has 0 bridgehead atoms. The largest absolute Gasteiger partial charge is 0.494 e. The van der Waals surface area contributed by atoms with E-state index in [0.29, 0.717) is 13.2 Å². The summed E-state index contributed by atoms with van der Waals surface area (Å²) in [5, 5.41) is 9.97. The highest BCUT2D eigenvalue weighted by molar-refractivity contribution is 5.83. The van der Waals surface area contributed by atoms with Crippen molar-refractivity contribution >= 4 is 10.9 Å². The molecule has 4 nitrogen and oxygen atoms in total. The van der Waals surface area contributed by atoms with Gasteiger partial charge in [0.05, 0.1) is 18.7 Å². The number of fused-ring (bicyclic) bond motifs is 1. The maximum atomic E-state index is 13.1. The Balaban J connectivity index is 1.57. The number of hydrogen-bond acceptors (Lipinski definition) is 3. The van der Waals surface area contributed by atoms with E-state index >= 15 is 0 Å². The number of nitrogens with zero attached hydrogens (tertiary/aromatic N) is 2. The summed E-state index contributed by atoms with van der Waals surface area (Å²) in [6.45, 7) is 2.55. The summed E-state index contributed by atoms with van der Waals surface area (Å²) in [4.78, 5) is 2.12. The van der Waals surface area contributed by atoms with Gasteiger partial charge in [0, 0.05) is 23.8 Å². The van der Waals surface area contributed by atoms with Gasteiger partial charge in [0.15, 0.2) is 0 Å². The summed E-state index contributed by atoms with van der Waals surface area (Å²) >= 11 is 0. The number of benzene rings is 2. The van der Waals surface area contributed by atoms with Gasteiger partial charge in [-0.25, -0.2) is 4.39 Å². The van der Waals surface area contributed by atoms with Gasteiger partial charge in [-0.1, -0.05) is 0 Å². The Morgan fingerprint density at radius 2 is 1.85 bits per heavy atom. The van der Waals surface area contributed by atoms with Crippen molar-refractivity contribution in [3.63, 3.8) is 0 Å². The fourth-order valence-corrected chi connectivity index (χ4v) is 2.99. The predicted molar refractivity (Wildman–Crippen MR) is 103 cm³/mol. The third-order valence-corrected chi connectivity index (χ3v) is 4.45. The van der Waals surface area contributed by atoms with Crippen LogP contribution in [-0.2, 0) is 0 Å². The second kappa shape index (κ2) is 8.83. The van der Waals surface area contributed by atoms with Crippen molar-refractivity contribution in [3.05, 3.63) is 60.5 Å². The van der Waals surface area contributed by atoms with Gasteiger partial charge >= 0.3 is 0 Å². The van der Waals surface area contributed by atoms with Crippen LogP contribution in [0.25, 0.3) is 16.6 Å². The molecular formula is C21H25FN2O2. The molecule has 0 atom stereocenters. The van der Waals surface area contributed by atoms with Crippen LogP contribution in [0, 0.1) is 5.82 Å². The number of hydrogen-bond donors (Lipinski definition) is 1. The predicted octanol–water partition coefficient (Wildman–Crippen LogP) is 3.85. The van der Waals surface area contributed by atoms with Crippen molar-refractivity contribution in [2.75, 3.05) is 33.4 Å². The summed E-state index contributed by atoms with van der Waals surface area (Å²) in [5.41, 5.74) is 2.00. The van der Waals surface area contributed by atoms with Crippen LogP contribution in [0.15, 0.2) is 54.7 Å². The molecule has 0 aliphatic carbocycles. The Hall–Kier alpha value is -2.37. The van der Waals surface area contributed by atoms with Crippen molar-refractivity contribution in [2.45, 2.75) is 12.8 Å². The van der Waals surface area contributed by atoms with Crippen LogP contribution < -0.4 is 4.74 Å². The highest BCUT2D eigenvalue weighted by Crippen LogP contribution is 2.25. The Bertz CT molecular complexity index is 830. The Labute approximate surface area is 153 Å². The van der Waals surface area contributed by atoms with E-state index in [4.69, 9.17) is 9.84 Å². The number of ether oxygens (including phenoxy) is 1. The minimum absolute atomic E-state index is 0.199. The molecular weight excluding hydrogens is 331 g/mol. The van der Waals surface area contributed by atoms with E-state index in [1.54, 1.807) is 12.1 Å². The van der Waals surface area contributed by atoms with Crippen LogP contribution in [0.1, 0.15) is 12.8 Å². The highest BCUT2D eigenvalue weighted by atomic mass is 19.1. The molecule has 0 amide bonds. The molecule has 3 rings (SSSR count). The van der Waals surface area contributed by atoms with E-state index < -0.39 is 0 Å². The third-order valence-electron chi connectivity index (χ3n) is 4.45. The molecule has 0 fully saturated rings. The lowest BCUT2D eigenvalue weighted by molar-refractivity contribution is 0.215. The molecule has 26 heavy (non-hydrogen) atoms. The summed E-state index contributed by atoms with van der Waals surface area (Å²) in [5.74, 6) is 0.626. The van der Waals surface area contributed by atoms with Crippen molar-refractivity contribution in [1.29, 1.82) is 0 Å². The fourth-order valence-electron chi connectivity index (χ4n) is 2.99. The maximum Gasteiger partial charge on any atom is 0.123 e. The van der Waals surface area contributed by atoms with Crippen LogP contribution in [0.3, 0.4) is 0 Å². The van der Waals surface area contributed by atoms with Gasteiger partial charge in [-0.3, -0.25) is 0 Å². The highest BCUT2D eigenvalue weighted by Gasteiger charge is 2.05. The molecule has 0 spiro atoms. The number of aliphatic hydroxyl groups is 1. The number of rotatable bonds is 9. The molecule has 1 heterocycles. The molecule has 138 valence electrons. The van der Waals surface area contributed by atoms with Gasteiger partial charge in [-0.15, -0.1) is 0 Å². The van der Waals surface area contributed by atoms with Crippen LogP contribution in [0.4, 0.5) is 4.39 Å². The Morgan fingerprint density at radius 3 is 2.62 bits per heavy atom. The average molecular weight is 356 g/mol. The second-order valence-electron chi connectivity index (χ2n) is 6.47. The van der Waals surface area contributed by atoms with Crippen molar-refractivity contribution in [1.82, 2.24) is 9.47 Å². The monoisotopic (exact) mass is 356 g/mol. The first-order chi connectivity index (χ1) is 12.7. The number of unbranched alkanes of at least 4 members (excludes halogenated alkanes) is 1. The molecule has 1 N–H and O–H groups in total. The molecule has 0 aliphatic heterocycles. The normalized spacial score (nSPS) is 11.4. The van der Waals surface area contributed by atoms with E-state index in [1.165, 1.54) is 12.1 Å². The number of likely N-dealkylation sites (N-methyl/N-ethyl adjacent to an activating group) is 1. The molecule has 0 aliphatic rings. The van der Waals surface area contributed by atoms with Gasteiger partial charge in [0.1, 0.15) is 11.6 Å². The van der Waals surface area contributed by atoms with E-state index in [9.17, 15) is 4.39 Å². The minimum atomic E-state index is -0.233. The first-order valence-electron chi connectivity index (χ1n) is 8.96. The zero-order chi connectivity index (χ0) is 18.4. The molecule has 0 radical (unpaired) electrons. The summed E-state index contributed by atoms with van der Waals surface area (Å²) in [7, 11) is 2.01. The zero-order valence-electron chi connectivity index (χ0n) is 15.1. The topological polar surface area (TPSA) is 37.6 Å². The molecule has 1 aromatic heterocycles. The minimum Gasteiger partial charge on any atom is -0.494 e. The fraction of sp³-hybridized carbons (Fsp3) is 0.333. The molecule has 0 unspecified atom stereocenters. The van der Waals surface area contributed by atoms with Gasteiger partial charge in [0.25, 0.3) is 0 Å². The molecule has 0 saturated carbocycles. The van der Waals surface area contributed by atoms with Crippen LogP contribution in [-0.4, -0.2) is 47.9 Å². The van der Waals surface area contributed by atoms with Crippen LogP contribution in [0.5, 0.6) is 5.75 Å². The molecule has 3 aromatic rings.